The third-order valence-electron chi connectivity index (χ3n) is 1.67. The molecule has 7 heteroatoms. The maximum atomic E-state index is 11.9. The standard InChI is InChI=1S/C9H6ClF2NO3/c10-5-2-1-4(9(15)16)3-6(5)13-8(14)7(11)12/h1-3,7H,(H,13,14)(H,15,16). The van der Waals surface area contributed by atoms with E-state index in [-0.39, 0.29) is 16.3 Å². The van der Waals surface area contributed by atoms with E-state index in [9.17, 15) is 18.4 Å². The molecule has 0 saturated heterocycles. The molecule has 16 heavy (non-hydrogen) atoms. The van der Waals surface area contributed by atoms with Crippen molar-refractivity contribution >= 4 is 29.2 Å². The summed E-state index contributed by atoms with van der Waals surface area (Å²) in [7, 11) is 0. The fourth-order valence-electron chi connectivity index (χ4n) is 0.941. The summed E-state index contributed by atoms with van der Waals surface area (Å²) in [6, 6.07) is 3.40. The fourth-order valence-corrected chi connectivity index (χ4v) is 1.11. The number of benzene rings is 1. The maximum absolute atomic E-state index is 11.9. The molecule has 0 aliphatic heterocycles. The number of rotatable bonds is 3. The number of carboxylic acids is 1. The van der Waals surface area contributed by atoms with Crippen molar-refractivity contribution in [2.75, 3.05) is 5.32 Å². The van der Waals surface area contributed by atoms with Gasteiger partial charge in [-0.05, 0) is 18.2 Å². The van der Waals surface area contributed by atoms with Gasteiger partial charge in [-0.25, -0.2) is 4.79 Å². The summed E-state index contributed by atoms with van der Waals surface area (Å²) in [5, 5.41) is 10.4. The molecule has 0 spiro atoms. The first kappa shape index (κ1) is 12.4. The van der Waals surface area contributed by atoms with Crippen LogP contribution in [0, 0.1) is 0 Å². The van der Waals surface area contributed by atoms with Crippen molar-refractivity contribution in [3.8, 4) is 0 Å². The molecule has 0 atom stereocenters. The average molecular weight is 250 g/mol. The molecule has 1 amide bonds. The first-order valence-electron chi connectivity index (χ1n) is 4.03. The molecular formula is C9H6ClF2NO3. The molecule has 0 heterocycles. The van der Waals surface area contributed by atoms with Crippen LogP contribution >= 0.6 is 11.6 Å². The number of hydrogen-bond acceptors (Lipinski definition) is 2. The van der Waals surface area contributed by atoms with E-state index in [1.165, 1.54) is 12.1 Å². The maximum Gasteiger partial charge on any atom is 0.335 e. The molecule has 0 aromatic heterocycles. The number of amides is 1. The highest BCUT2D eigenvalue weighted by Gasteiger charge is 2.17. The summed E-state index contributed by atoms with van der Waals surface area (Å²) in [5.74, 6) is -2.78. The Kier molecular flexibility index (Phi) is 3.78. The number of aromatic carboxylic acids is 1. The van der Waals surface area contributed by atoms with Crippen LogP contribution in [0.15, 0.2) is 18.2 Å². The molecule has 4 nitrogen and oxygen atoms in total. The zero-order chi connectivity index (χ0) is 12.3. The van der Waals surface area contributed by atoms with Gasteiger partial charge in [-0.3, -0.25) is 4.79 Å². The van der Waals surface area contributed by atoms with Gasteiger partial charge in [-0.1, -0.05) is 11.6 Å². The predicted octanol–water partition coefficient (Wildman–Crippen LogP) is 2.24. The van der Waals surface area contributed by atoms with Gasteiger partial charge in [0.05, 0.1) is 16.3 Å². The zero-order valence-corrected chi connectivity index (χ0v) is 8.46. The molecular weight excluding hydrogens is 244 g/mol. The van der Waals surface area contributed by atoms with E-state index in [1.54, 1.807) is 0 Å². The van der Waals surface area contributed by atoms with Crippen molar-refractivity contribution in [2.24, 2.45) is 0 Å². The molecule has 1 aromatic rings. The second kappa shape index (κ2) is 4.89. The van der Waals surface area contributed by atoms with E-state index >= 15 is 0 Å². The molecule has 0 aliphatic carbocycles. The lowest BCUT2D eigenvalue weighted by Crippen LogP contribution is -2.20. The van der Waals surface area contributed by atoms with Crippen LogP contribution in [0.3, 0.4) is 0 Å². The zero-order valence-electron chi connectivity index (χ0n) is 7.71. The fraction of sp³-hybridized carbons (Fsp3) is 0.111. The normalized spacial score (nSPS) is 10.2. The Morgan fingerprint density at radius 2 is 2.00 bits per heavy atom. The highest BCUT2D eigenvalue weighted by atomic mass is 35.5. The van der Waals surface area contributed by atoms with Gasteiger partial charge in [0.1, 0.15) is 0 Å². The third-order valence-corrected chi connectivity index (χ3v) is 2.00. The van der Waals surface area contributed by atoms with Crippen LogP contribution in [0.25, 0.3) is 0 Å². The van der Waals surface area contributed by atoms with E-state index in [4.69, 9.17) is 16.7 Å². The molecule has 0 unspecified atom stereocenters. The molecule has 1 aromatic carbocycles. The third kappa shape index (κ3) is 2.90. The number of nitrogens with one attached hydrogen (secondary N) is 1. The number of carboxylic acid groups (broad SMARTS) is 1. The number of hydrogen-bond donors (Lipinski definition) is 2. The van der Waals surface area contributed by atoms with Gasteiger partial charge in [-0.2, -0.15) is 8.78 Å². The Hall–Kier alpha value is -1.69. The summed E-state index contributed by atoms with van der Waals surface area (Å²) in [6.07, 6.45) is -3.19. The molecule has 0 fully saturated rings. The Labute approximate surface area is 93.8 Å². The molecule has 0 bridgehead atoms. The van der Waals surface area contributed by atoms with E-state index in [2.05, 4.69) is 0 Å². The van der Waals surface area contributed by atoms with E-state index in [0.29, 0.717) is 0 Å². The van der Waals surface area contributed by atoms with Gasteiger partial charge >= 0.3 is 12.4 Å². The lowest BCUT2D eigenvalue weighted by molar-refractivity contribution is -0.126. The van der Waals surface area contributed by atoms with Crippen LogP contribution in [-0.2, 0) is 4.79 Å². The highest BCUT2D eigenvalue weighted by Crippen LogP contribution is 2.23. The molecule has 0 saturated carbocycles. The topological polar surface area (TPSA) is 66.4 Å². The minimum Gasteiger partial charge on any atom is -0.478 e. The van der Waals surface area contributed by atoms with Crippen molar-refractivity contribution in [3.63, 3.8) is 0 Å². The summed E-state index contributed by atoms with van der Waals surface area (Å²) >= 11 is 5.60. The number of carbonyl (C=O) groups is 2. The molecule has 86 valence electrons. The van der Waals surface area contributed by atoms with Crippen molar-refractivity contribution < 1.29 is 23.5 Å². The van der Waals surface area contributed by atoms with Gasteiger partial charge in [0.25, 0.3) is 5.91 Å². The van der Waals surface area contributed by atoms with Crippen LogP contribution < -0.4 is 5.32 Å². The highest BCUT2D eigenvalue weighted by molar-refractivity contribution is 6.33. The second-order valence-corrected chi connectivity index (χ2v) is 3.20. The largest absolute Gasteiger partial charge is 0.478 e. The van der Waals surface area contributed by atoms with E-state index in [1.807, 2.05) is 5.32 Å². The summed E-state index contributed by atoms with van der Waals surface area (Å²) < 4.78 is 23.9. The summed E-state index contributed by atoms with van der Waals surface area (Å²) in [5.41, 5.74) is -0.319. The Morgan fingerprint density at radius 1 is 1.38 bits per heavy atom. The van der Waals surface area contributed by atoms with Crippen molar-refractivity contribution in [3.05, 3.63) is 28.8 Å². The number of alkyl halides is 2. The molecule has 1 rings (SSSR count). The minimum absolute atomic E-state index is 0.0148. The van der Waals surface area contributed by atoms with E-state index < -0.39 is 18.3 Å². The average Bonchev–Trinajstić information content (AvgIpc) is 2.20. The van der Waals surface area contributed by atoms with Crippen LogP contribution in [0.1, 0.15) is 10.4 Å². The molecule has 0 aliphatic rings. The van der Waals surface area contributed by atoms with Gasteiger partial charge in [0, 0.05) is 0 Å². The Morgan fingerprint density at radius 3 is 2.50 bits per heavy atom. The van der Waals surface area contributed by atoms with Gasteiger partial charge in [0.2, 0.25) is 0 Å². The van der Waals surface area contributed by atoms with Crippen LogP contribution in [0.5, 0.6) is 0 Å². The van der Waals surface area contributed by atoms with Crippen LogP contribution in [0.2, 0.25) is 5.02 Å². The second-order valence-electron chi connectivity index (χ2n) is 2.79. The molecule has 0 radical (unpaired) electrons. The monoisotopic (exact) mass is 249 g/mol. The Bertz CT molecular complexity index is 437. The first-order valence-corrected chi connectivity index (χ1v) is 4.41. The Balaban J connectivity index is 2.99. The molecule has 2 N–H and O–H groups in total. The van der Waals surface area contributed by atoms with Gasteiger partial charge < -0.3 is 10.4 Å². The van der Waals surface area contributed by atoms with Crippen molar-refractivity contribution in [1.29, 1.82) is 0 Å². The smallest absolute Gasteiger partial charge is 0.335 e. The van der Waals surface area contributed by atoms with E-state index in [0.717, 1.165) is 6.07 Å². The lowest BCUT2D eigenvalue weighted by atomic mass is 10.2. The first-order chi connectivity index (χ1) is 7.41. The van der Waals surface area contributed by atoms with Crippen molar-refractivity contribution in [2.45, 2.75) is 6.43 Å². The van der Waals surface area contributed by atoms with Crippen LogP contribution in [0.4, 0.5) is 14.5 Å². The van der Waals surface area contributed by atoms with Gasteiger partial charge in [0.15, 0.2) is 0 Å². The summed E-state index contributed by atoms with van der Waals surface area (Å²) in [6.45, 7) is 0. The van der Waals surface area contributed by atoms with Crippen LogP contribution in [-0.4, -0.2) is 23.4 Å². The number of anilines is 1. The SMILES string of the molecule is O=C(O)c1ccc(Cl)c(NC(=O)C(F)F)c1. The predicted molar refractivity (Wildman–Crippen MR) is 53.0 cm³/mol. The van der Waals surface area contributed by atoms with Gasteiger partial charge in [-0.15, -0.1) is 0 Å². The summed E-state index contributed by atoms with van der Waals surface area (Å²) in [4.78, 5) is 21.3. The lowest BCUT2D eigenvalue weighted by Gasteiger charge is -2.07. The minimum atomic E-state index is -3.19. The van der Waals surface area contributed by atoms with Crippen molar-refractivity contribution in [1.82, 2.24) is 0 Å². The number of carbonyl (C=O) groups excluding carboxylic acids is 1. The quantitative estimate of drug-likeness (QED) is 0.863. The number of halogens is 3.